The lowest BCUT2D eigenvalue weighted by Crippen LogP contribution is -2.29. The monoisotopic (exact) mass is 802 g/mol. The topological polar surface area (TPSA) is 134 Å². The zero-order valence-corrected chi connectivity index (χ0v) is 36.8. The van der Waals surface area contributed by atoms with Crippen LogP contribution >= 0.6 is 7.82 Å². The SMILES string of the molecule is CCCCCCCCCC/C=C\CCCCCCCCCCCCCCCCCCCC(=O)OC(COC(=O)CCCCCCC)COP(=O)(O)OCCN. The molecule has 0 aliphatic carbocycles. The molecule has 0 amide bonds. The van der Waals surface area contributed by atoms with Crippen LogP contribution < -0.4 is 5.73 Å². The van der Waals surface area contributed by atoms with Crippen molar-refractivity contribution >= 4 is 19.8 Å². The van der Waals surface area contributed by atoms with Gasteiger partial charge >= 0.3 is 19.8 Å². The van der Waals surface area contributed by atoms with Crippen molar-refractivity contribution in [2.24, 2.45) is 5.73 Å². The fourth-order valence-corrected chi connectivity index (χ4v) is 7.45. The first-order chi connectivity index (χ1) is 26.8. The summed E-state index contributed by atoms with van der Waals surface area (Å²) in [4.78, 5) is 34.5. The summed E-state index contributed by atoms with van der Waals surface area (Å²) in [6.45, 7) is 3.66. The van der Waals surface area contributed by atoms with Crippen LogP contribution in [-0.4, -0.2) is 49.3 Å². The van der Waals surface area contributed by atoms with Crippen LogP contribution in [0.25, 0.3) is 0 Å². The first kappa shape index (κ1) is 53.8. The van der Waals surface area contributed by atoms with E-state index in [9.17, 15) is 19.0 Å². The molecule has 9 nitrogen and oxygen atoms in total. The Morgan fingerprint density at radius 1 is 0.527 bits per heavy atom. The van der Waals surface area contributed by atoms with E-state index in [2.05, 4.69) is 26.0 Å². The number of unbranched alkanes of at least 4 members (excludes halogenated alkanes) is 29. The summed E-state index contributed by atoms with van der Waals surface area (Å²) in [5.41, 5.74) is 5.33. The lowest BCUT2D eigenvalue weighted by atomic mass is 10.0. The van der Waals surface area contributed by atoms with E-state index in [1.54, 1.807) is 0 Å². The molecule has 10 heteroatoms. The van der Waals surface area contributed by atoms with E-state index in [-0.39, 0.29) is 32.6 Å². The molecular weight excluding hydrogens is 713 g/mol. The molecule has 0 aromatic heterocycles. The molecule has 0 spiro atoms. The van der Waals surface area contributed by atoms with Crippen molar-refractivity contribution in [3.8, 4) is 0 Å². The minimum Gasteiger partial charge on any atom is -0.462 e. The van der Waals surface area contributed by atoms with Gasteiger partial charge in [-0.2, -0.15) is 0 Å². The highest BCUT2D eigenvalue weighted by Crippen LogP contribution is 2.43. The van der Waals surface area contributed by atoms with Crippen LogP contribution in [0.5, 0.6) is 0 Å². The third-order valence-corrected chi connectivity index (χ3v) is 11.1. The van der Waals surface area contributed by atoms with Gasteiger partial charge in [0, 0.05) is 19.4 Å². The van der Waals surface area contributed by atoms with Gasteiger partial charge in [-0.1, -0.05) is 193 Å². The molecule has 0 radical (unpaired) electrons. The molecular formula is C45H88NO8P. The Morgan fingerprint density at radius 2 is 0.891 bits per heavy atom. The number of carbonyl (C=O) groups excluding carboxylic acids is 2. The van der Waals surface area contributed by atoms with Crippen molar-refractivity contribution in [2.45, 2.75) is 238 Å². The third kappa shape index (κ3) is 42.2. The maximum absolute atomic E-state index is 12.5. The highest BCUT2D eigenvalue weighted by Gasteiger charge is 2.26. The molecule has 0 saturated heterocycles. The van der Waals surface area contributed by atoms with E-state index in [1.807, 2.05) is 0 Å². The second-order valence-electron chi connectivity index (χ2n) is 15.6. The normalized spacial score (nSPS) is 13.3. The van der Waals surface area contributed by atoms with Crippen LogP contribution in [0.1, 0.15) is 232 Å². The Hall–Kier alpha value is -1.25. The van der Waals surface area contributed by atoms with Gasteiger partial charge in [0.1, 0.15) is 6.61 Å². The molecule has 326 valence electrons. The summed E-state index contributed by atoms with van der Waals surface area (Å²) >= 11 is 0. The van der Waals surface area contributed by atoms with Crippen molar-refractivity contribution in [2.75, 3.05) is 26.4 Å². The third-order valence-electron chi connectivity index (χ3n) is 10.2. The maximum atomic E-state index is 12.5. The average molecular weight is 802 g/mol. The van der Waals surface area contributed by atoms with Crippen LogP contribution in [0.15, 0.2) is 12.2 Å². The minimum absolute atomic E-state index is 0.0563. The van der Waals surface area contributed by atoms with Crippen molar-refractivity contribution in [3.05, 3.63) is 12.2 Å². The quantitative estimate of drug-likeness (QED) is 0.0267. The van der Waals surface area contributed by atoms with Gasteiger partial charge in [-0.3, -0.25) is 18.6 Å². The van der Waals surface area contributed by atoms with Gasteiger partial charge in [0.25, 0.3) is 0 Å². The molecule has 0 rings (SSSR count). The van der Waals surface area contributed by atoms with Crippen LogP contribution in [-0.2, 0) is 32.7 Å². The molecule has 0 fully saturated rings. The molecule has 0 bridgehead atoms. The Bertz CT molecular complexity index is 917. The summed E-state index contributed by atoms with van der Waals surface area (Å²) in [6, 6.07) is 0. The molecule has 55 heavy (non-hydrogen) atoms. The van der Waals surface area contributed by atoms with E-state index in [0.29, 0.717) is 6.42 Å². The van der Waals surface area contributed by atoms with Crippen molar-refractivity contribution < 1.29 is 37.6 Å². The van der Waals surface area contributed by atoms with Gasteiger partial charge in [0.2, 0.25) is 0 Å². The molecule has 0 aliphatic heterocycles. The maximum Gasteiger partial charge on any atom is 0.472 e. The summed E-state index contributed by atoms with van der Waals surface area (Å²) in [6.07, 6.45) is 44.6. The highest BCUT2D eigenvalue weighted by atomic mass is 31.2. The van der Waals surface area contributed by atoms with E-state index in [4.69, 9.17) is 24.3 Å². The van der Waals surface area contributed by atoms with Gasteiger partial charge in [0.05, 0.1) is 13.2 Å². The molecule has 0 aliphatic rings. The first-order valence-electron chi connectivity index (χ1n) is 23.2. The van der Waals surface area contributed by atoms with Crippen LogP contribution in [0.3, 0.4) is 0 Å². The smallest absolute Gasteiger partial charge is 0.462 e. The highest BCUT2D eigenvalue weighted by molar-refractivity contribution is 7.47. The molecule has 0 heterocycles. The summed E-state index contributed by atoms with van der Waals surface area (Å²) < 4.78 is 32.5. The number of carbonyl (C=O) groups is 2. The minimum atomic E-state index is -4.36. The van der Waals surface area contributed by atoms with E-state index in [0.717, 1.165) is 44.9 Å². The van der Waals surface area contributed by atoms with Crippen molar-refractivity contribution in [3.63, 3.8) is 0 Å². The number of allylic oxidation sites excluding steroid dienone is 2. The van der Waals surface area contributed by atoms with Gasteiger partial charge in [0.15, 0.2) is 6.10 Å². The zero-order valence-electron chi connectivity index (χ0n) is 35.9. The van der Waals surface area contributed by atoms with Crippen LogP contribution in [0.2, 0.25) is 0 Å². The molecule has 0 saturated carbocycles. The molecule has 2 unspecified atom stereocenters. The number of hydrogen-bond acceptors (Lipinski definition) is 8. The van der Waals surface area contributed by atoms with Gasteiger partial charge in [-0.05, 0) is 38.5 Å². The standard InChI is InChI=1S/C45H88NO8P/c1-3-5-7-9-10-11-12-13-14-15-16-17-18-19-20-21-22-23-24-25-26-27-28-29-30-31-32-34-36-38-45(48)54-43(42-53-55(49,50)52-40-39-46)41-51-44(47)37-35-33-8-6-4-2/h15-16,43H,3-14,17-42,46H2,1-2H3,(H,49,50)/b16-15-. The van der Waals surface area contributed by atoms with Gasteiger partial charge < -0.3 is 20.1 Å². The average Bonchev–Trinajstić information content (AvgIpc) is 3.17. The fraction of sp³-hybridized carbons (Fsp3) is 0.911. The van der Waals surface area contributed by atoms with Crippen molar-refractivity contribution in [1.82, 2.24) is 0 Å². The number of esters is 2. The van der Waals surface area contributed by atoms with Crippen LogP contribution in [0, 0.1) is 0 Å². The van der Waals surface area contributed by atoms with Gasteiger partial charge in [-0.25, -0.2) is 4.57 Å². The Morgan fingerprint density at radius 3 is 1.29 bits per heavy atom. The summed E-state index contributed by atoms with van der Waals surface area (Å²) in [7, 11) is -4.36. The molecule has 2 atom stereocenters. The lowest BCUT2D eigenvalue weighted by molar-refractivity contribution is -0.161. The number of phosphoric ester groups is 1. The number of hydrogen-bond donors (Lipinski definition) is 2. The number of phosphoric acid groups is 1. The first-order valence-corrected chi connectivity index (χ1v) is 24.7. The second kappa shape index (κ2) is 42.4. The number of rotatable bonds is 44. The summed E-state index contributed by atoms with van der Waals surface area (Å²) in [5.74, 6) is -0.832. The van der Waals surface area contributed by atoms with Crippen molar-refractivity contribution in [1.29, 1.82) is 0 Å². The Labute approximate surface area is 339 Å². The molecule has 3 N–H and O–H groups in total. The second-order valence-corrected chi connectivity index (χ2v) is 17.1. The predicted molar refractivity (Wildman–Crippen MR) is 229 cm³/mol. The Balaban J connectivity index is 3.76. The van der Waals surface area contributed by atoms with Crippen LogP contribution in [0.4, 0.5) is 0 Å². The molecule has 0 aromatic rings. The summed E-state index contributed by atoms with van der Waals surface area (Å²) in [5, 5.41) is 0. The number of nitrogens with two attached hydrogens (primary N) is 1. The number of ether oxygens (including phenoxy) is 2. The van der Waals surface area contributed by atoms with E-state index >= 15 is 0 Å². The molecule has 0 aromatic carbocycles. The van der Waals surface area contributed by atoms with E-state index in [1.165, 1.54) is 154 Å². The van der Waals surface area contributed by atoms with E-state index < -0.39 is 32.5 Å². The zero-order chi connectivity index (χ0) is 40.3. The lowest BCUT2D eigenvalue weighted by Gasteiger charge is -2.19. The fourth-order valence-electron chi connectivity index (χ4n) is 6.69. The largest absolute Gasteiger partial charge is 0.472 e. The Kier molecular flexibility index (Phi) is 41.4. The van der Waals surface area contributed by atoms with Gasteiger partial charge in [-0.15, -0.1) is 0 Å². The predicted octanol–water partition coefficient (Wildman–Crippen LogP) is 13.4.